The molecule has 0 aliphatic heterocycles. The molecule has 0 aliphatic carbocycles. The van der Waals surface area contributed by atoms with Crippen molar-refractivity contribution < 1.29 is 4.74 Å². The monoisotopic (exact) mass is 246 g/mol. The molecule has 1 N–H and O–H groups in total. The number of methoxy groups -OCH3 is 1. The molecule has 1 aromatic heterocycles. The minimum Gasteiger partial charge on any atom is -0.383 e. The fraction of sp³-hybridized carbons (Fsp3) is 0.308. The topological polar surface area (TPSA) is 45.0 Å². The standard InChI is InChI=1S/C13H14N2OS/c1-16-7-6-15-12(8-14)11-9-17-13-5-3-2-4-10(11)13/h2-5,9,12,15H,6-7H2,1H3. The van der Waals surface area contributed by atoms with Gasteiger partial charge in [0.2, 0.25) is 0 Å². The van der Waals surface area contributed by atoms with Crippen LogP contribution in [0.15, 0.2) is 29.6 Å². The van der Waals surface area contributed by atoms with E-state index < -0.39 is 0 Å². The first-order chi connectivity index (χ1) is 8.36. The summed E-state index contributed by atoms with van der Waals surface area (Å²) >= 11 is 1.67. The zero-order valence-corrected chi connectivity index (χ0v) is 10.5. The summed E-state index contributed by atoms with van der Waals surface area (Å²) in [6.45, 7) is 1.29. The second-order valence-corrected chi connectivity index (χ2v) is 4.61. The molecule has 0 aliphatic rings. The number of nitriles is 1. The van der Waals surface area contributed by atoms with Crippen LogP contribution in [0.2, 0.25) is 0 Å². The molecule has 1 heterocycles. The molecular formula is C13H14N2OS. The van der Waals surface area contributed by atoms with Gasteiger partial charge in [0.25, 0.3) is 0 Å². The maximum absolute atomic E-state index is 9.21. The van der Waals surface area contributed by atoms with Crippen molar-refractivity contribution in [2.24, 2.45) is 0 Å². The summed E-state index contributed by atoms with van der Waals surface area (Å²) in [5, 5.41) is 15.6. The van der Waals surface area contributed by atoms with Crippen molar-refractivity contribution in [1.82, 2.24) is 5.32 Å². The van der Waals surface area contributed by atoms with E-state index in [0.717, 1.165) is 10.9 Å². The zero-order valence-electron chi connectivity index (χ0n) is 9.64. The molecule has 1 unspecified atom stereocenters. The highest BCUT2D eigenvalue weighted by atomic mass is 32.1. The molecule has 0 bridgehead atoms. The van der Waals surface area contributed by atoms with E-state index in [2.05, 4.69) is 28.9 Å². The first-order valence-corrected chi connectivity index (χ1v) is 6.33. The lowest BCUT2D eigenvalue weighted by atomic mass is 10.1. The maximum atomic E-state index is 9.21. The Balaban J connectivity index is 2.22. The van der Waals surface area contributed by atoms with Crippen LogP contribution in [0.5, 0.6) is 0 Å². The second-order valence-electron chi connectivity index (χ2n) is 3.70. The Hall–Kier alpha value is -1.41. The highest BCUT2D eigenvalue weighted by Gasteiger charge is 2.14. The number of thiophene rings is 1. The van der Waals surface area contributed by atoms with Gasteiger partial charge in [-0.3, -0.25) is 5.32 Å². The van der Waals surface area contributed by atoms with E-state index in [0.29, 0.717) is 13.2 Å². The largest absolute Gasteiger partial charge is 0.383 e. The first kappa shape index (κ1) is 12.1. The van der Waals surface area contributed by atoms with Crippen molar-refractivity contribution in [1.29, 1.82) is 5.26 Å². The van der Waals surface area contributed by atoms with Gasteiger partial charge in [0.15, 0.2) is 0 Å². The Bertz CT molecular complexity index is 529. The average molecular weight is 246 g/mol. The van der Waals surface area contributed by atoms with Crippen LogP contribution in [-0.4, -0.2) is 20.3 Å². The number of nitrogens with zero attached hydrogens (tertiary/aromatic N) is 1. The number of nitrogens with one attached hydrogen (secondary N) is 1. The van der Waals surface area contributed by atoms with E-state index in [1.807, 2.05) is 12.1 Å². The van der Waals surface area contributed by atoms with Crippen molar-refractivity contribution in [2.45, 2.75) is 6.04 Å². The van der Waals surface area contributed by atoms with E-state index in [-0.39, 0.29) is 6.04 Å². The van der Waals surface area contributed by atoms with Gasteiger partial charge in [-0.2, -0.15) is 5.26 Å². The molecule has 3 nitrogen and oxygen atoms in total. The molecule has 2 rings (SSSR count). The highest BCUT2D eigenvalue weighted by Crippen LogP contribution is 2.29. The van der Waals surface area contributed by atoms with Crippen LogP contribution in [0.25, 0.3) is 10.1 Å². The van der Waals surface area contributed by atoms with Gasteiger partial charge >= 0.3 is 0 Å². The second kappa shape index (κ2) is 5.78. The van der Waals surface area contributed by atoms with Crippen LogP contribution >= 0.6 is 11.3 Å². The summed E-state index contributed by atoms with van der Waals surface area (Å²) in [7, 11) is 1.66. The van der Waals surface area contributed by atoms with Gasteiger partial charge in [0, 0.05) is 23.9 Å². The lowest BCUT2D eigenvalue weighted by molar-refractivity contribution is 0.198. The highest BCUT2D eigenvalue weighted by molar-refractivity contribution is 7.17. The normalized spacial score (nSPS) is 12.5. The van der Waals surface area contributed by atoms with Crippen molar-refractivity contribution >= 4 is 21.4 Å². The third-order valence-corrected chi connectivity index (χ3v) is 3.59. The Kier molecular flexibility index (Phi) is 4.10. The molecule has 4 heteroatoms. The van der Waals surface area contributed by atoms with Gasteiger partial charge in [-0.25, -0.2) is 0 Å². The summed E-state index contributed by atoms with van der Waals surface area (Å²) in [6, 6.07) is 10.2. The number of benzene rings is 1. The van der Waals surface area contributed by atoms with Gasteiger partial charge in [0.05, 0.1) is 12.7 Å². The first-order valence-electron chi connectivity index (χ1n) is 5.45. The minimum atomic E-state index is -0.263. The summed E-state index contributed by atoms with van der Waals surface area (Å²) in [4.78, 5) is 0. The number of ether oxygens (including phenoxy) is 1. The molecule has 0 saturated heterocycles. The quantitative estimate of drug-likeness (QED) is 0.825. The molecule has 2 aromatic rings. The Morgan fingerprint density at radius 1 is 1.47 bits per heavy atom. The van der Waals surface area contributed by atoms with Crippen molar-refractivity contribution in [2.75, 3.05) is 20.3 Å². The Labute approximate surface area is 105 Å². The molecule has 0 radical (unpaired) electrons. The van der Waals surface area contributed by atoms with Crippen LogP contribution in [0.4, 0.5) is 0 Å². The average Bonchev–Trinajstić information content (AvgIpc) is 2.79. The van der Waals surface area contributed by atoms with Gasteiger partial charge in [0.1, 0.15) is 6.04 Å². The predicted octanol–water partition coefficient (Wildman–Crippen LogP) is 2.70. The molecule has 0 spiro atoms. The van der Waals surface area contributed by atoms with E-state index in [1.54, 1.807) is 18.4 Å². The van der Waals surface area contributed by atoms with Crippen molar-refractivity contribution in [3.63, 3.8) is 0 Å². The van der Waals surface area contributed by atoms with Gasteiger partial charge in [-0.05, 0) is 16.8 Å². The van der Waals surface area contributed by atoms with Crippen LogP contribution in [0.1, 0.15) is 11.6 Å². The molecule has 0 fully saturated rings. The lowest BCUT2D eigenvalue weighted by Crippen LogP contribution is -2.23. The molecule has 0 saturated carbocycles. The summed E-state index contributed by atoms with van der Waals surface area (Å²) in [6.07, 6.45) is 0. The fourth-order valence-corrected chi connectivity index (χ4v) is 2.74. The number of hydrogen-bond acceptors (Lipinski definition) is 4. The molecule has 0 amide bonds. The maximum Gasteiger partial charge on any atom is 0.122 e. The third kappa shape index (κ3) is 2.64. The Morgan fingerprint density at radius 2 is 2.29 bits per heavy atom. The number of fused-ring (bicyclic) bond motifs is 1. The van der Waals surface area contributed by atoms with Gasteiger partial charge in [-0.15, -0.1) is 11.3 Å². The number of rotatable bonds is 5. The minimum absolute atomic E-state index is 0.263. The fourth-order valence-electron chi connectivity index (χ4n) is 1.75. The third-order valence-electron chi connectivity index (χ3n) is 2.61. The Morgan fingerprint density at radius 3 is 3.06 bits per heavy atom. The predicted molar refractivity (Wildman–Crippen MR) is 70.1 cm³/mol. The van der Waals surface area contributed by atoms with E-state index >= 15 is 0 Å². The SMILES string of the molecule is COCCNC(C#N)c1csc2ccccc12. The molecule has 1 atom stereocenters. The van der Waals surface area contributed by atoms with Gasteiger partial charge in [-0.1, -0.05) is 18.2 Å². The van der Waals surface area contributed by atoms with E-state index in [4.69, 9.17) is 4.74 Å². The summed E-state index contributed by atoms with van der Waals surface area (Å²) < 4.78 is 6.19. The van der Waals surface area contributed by atoms with Crippen molar-refractivity contribution in [3.05, 3.63) is 35.2 Å². The number of hydrogen-bond donors (Lipinski definition) is 1. The van der Waals surface area contributed by atoms with Crippen molar-refractivity contribution in [3.8, 4) is 6.07 Å². The van der Waals surface area contributed by atoms with Gasteiger partial charge < -0.3 is 4.74 Å². The molecule has 1 aromatic carbocycles. The van der Waals surface area contributed by atoms with Crippen LogP contribution in [0.3, 0.4) is 0 Å². The van der Waals surface area contributed by atoms with E-state index in [1.165, 1.54) is 4.70 Å². The van der Waals surface area contributed by atoms with Crippen LogP contribution in [0, 0.1) is 11.3 Å². The smallest absolute Gasteiger partial charge is 0.122 e. The summed E-state index contributed by atoms with van der Waals surface area (Å²) in [5.41, 5.74) is 1.06. The zero-order chi connectivity index (χ0) is 12.1. The molecule has 88 valence electrons. The molecular weight excluding hydrogens is 232 g/mol. The van der Waals surface area contributed by atoms with E-state index in [9.17, 15) is 5.26 Å². The van der Waals surface area contributed by atoms with Crippen LogP contribution in [-0.2, 0) is 4.74 Å². The molecule has 17 heavy (non-hydrogen) atoms. The lowest BCUT2D eigenvalue weighted by Gasteiger charge is -2.10. The van der Waals surface area contributed by atoms with Crippen LogP contribution < -0.4 is 5.32 Å². The summed E-state index contributed by atoms with van der Waals surface area (Å²) in [5.74, 6) is 0.